The normalized spacial score (nSPS) is 21.8. The Bertz CT molecular complexity index is 596. The van der Waals surface area contributed by atoms with Crippen molar-refractivity contribution >= 4 is 6.03 Å². The van der Waals surface area contributed by atoms with Crippen LogP contribution in [-0.4, -0.2) is 44.7 Å². The molecule has 1 aromatic carbocycles. The van der Waals surface area contributed by atoms with Crippen molar-refractivity contribution in [2.24, 2.45) is 11.8 Å². The van der Waals surface area contributed by atoms with Crippen molar-refractivity contribution in [3.05, 3.63) is 29.8 Å². The molecule has 0 aromatic heterocycles. The number of carbonyl (C=O) groups excluding carboxylic acids is 1. The van der Waals surface area contributed by atoms with E-state index >= 15 is 0 Å². The van der Waals surface area contributed by atoms with Crippen LogP contribution in [0.3, 0.4) is 0 Å². The van der Waals surface area contributed by atoms with Crippen LogP contribution in [0.4, 0.5) is 4.79 Å². The second kappa shape index (κ2) is 9.28. The van der Waals surface area contributed by atoms with E-state index < -0.39 is 0 Å². The van der Waals surface area contributed by atoms with E-state index in [9.17, 15) is 4.79 Å². The van der Waals surface area contributed by atoms with E-state index in [0.29, 0.717) is 19.0 Å². The molecule has 25 heavy (non-hydrogen) atoms. The number of likely N-dealkylation sites (tertiary alicyclic amines) is 1. The van der Waals surface area contributed by atoms with Crippen molar-refractivity contribution in [1.82, 2.24) is 15.5 Å². The fourth-order valence-electron chi connectivity index (χ4n) is 3.38. The van der Waals surface area contributed by atoms with Crippen molar-refractivity contribution in [1.29, 1.82) is 5.26 Å². The SMILES string of the molecule is COc1ccc(C2C(CNC(=O)NCC(C)C#N)CCCN2C)cc1. The molecular formula is C19H28N4O2. The molecule has 136 valence electrons. The summed E-state index contributed by atoms with van der Waals surface area (Å²) in [4.78, 5) is 14.3. The van der Waals surface area contributed by atoms with E-state index in [1.54, 1.807) is 14.0 Å². The zero-order valence-electron chi connectivity index (χ0n) is 15.3. The molecule has 2 amide bonds. The molecule has 2 rings (SSSR count). The van der Waals surface area contributed by atoms with Gasteiger partial charge in [-0.15, -0.1) is 0 Å². The fourth-order valence-corrected chi connectivity index (χ4v) is 3.38. The van der Waals surface area contributed by atoms with Gasteiger partial charge in [-0.2, -0.15) is 5.26 Å². The Labute approximate surface area is 150 Å². The van der Waals surface area contributed by atoms with Gasteiger partial charge in [0.2, 0.25) is 0 Å². The number of amides is 2. The highest BCUT2D eigenvalue weighted by Crippen LogP contribution is 2.35. The molecule has 1 aliphatic rings. The molecule has 1 aliphatic heterocycles. The summed E-state index contributed by atoms with van der Waals surface area (Å²) in [7, 11) is 3.80. The Morgan fingerprint density at radius 2 is 2.12 bits per heavy atom. The van der Waals surface area contributed by atoms with Gasteiger partial charge in [0.15, 0.2) is 0 Å². The maximum atomic E-state index is 12.0. The van der Waals surface area contributed by atoms with Crippen LogP contribution in [-0.2, 0) is 0 Å². The van der Waals surface area contributed by atoms with Crippen LogP contribution in [0.15, 0.2) is 24.3 Å². The zero-order valence-corrected chi connectivity index (χ0v) is 15.3. The summed E-state index contributed by atoms with van der Waals surface area (Å²) < 4.78 is 5.24. The zero-order chi connectivity index (χ0) is 18.2. The number of urea groups is 1. The second-order valence-corrected chi connectivity index (χ2v) is 6.72. The Morgan fingerprint density at radius 1 is 1.40 bits per heavy atom. The molecule has 0 spiro atoms. The first-order valence-electron chi connectivity index (χ1n) is 8.80. The number of benzene rings is 1. The second-order valence-electron chi connectivity index (χ2n) is 6.72. The lowest BCUT2D eigenvalue weighted by atomic mass is 9.85. The number of rotatable bonds is 6. The quantitative estimate of drug-likeness (QED) is 0.831. The van der Waals surface area contributed by atoms with Gasteiger partial charge in [0.1, 0.15) is 5.75 Å². The van der Waals surface area contributed by atoms with E-state index in [1.807, 2.05) is 12.1 Å². The molecule has 0 bridgehead atoms. The Morgan fingerprint density at radius 3 is 2.76 bits per heavy atom. The first kappa shape index (κ1) is 19.1. The number of hydrogen-bond donors (Lipinski definition) is 2. The topological polar surface area (TPSA) is 77.4 Å². The molecule has 0 aliphatic carbocycles. The summed E-state index contributed by atoms with van der Waals surface area (Å²) in [6, 6.07) is 10.4. The van der Waals surface area contributed by atoms with Gasteiger partial charge in [0.05, 0.1) is 19.1 Å². The summed E-state index contributed by atoms with van der Waals surface area (Å²) in [6.07, 6.45) is 2.21. The van der Waals surface area contributed by atoms with Crippen molar-refractivity contribution in [2.75, 3.05) is 33.8 Å². The summed E-state index contributed by atoms with van der Waals surface area (Å²) in [5, 5.41) is 14.5. The number of piperidine rings is 1. The highest BCUT2D eigenvalue weighted by molar-refractivity contribution is 5.73. The Balaban J connectivity index is 1.96. The molecule has 6 nitrogen and oxygen atoms in total. The lowest BCUT2D eigenvalue weighted by Crippen LogP contribution is -2.44. The molecule has 1 aromatic rings. The molecule has 6 heteroatoms. The van der Waals surface area contributed by atoms with Gasteiger partial charge < -0.3 is 15.4 Å². The summed E-state index contributed by atoms with van der Waals surface area (Å²) in [5.41, 5.74) is 1.24. The highest BCUT2D eigenvalue weighted by atomic mass is 16.5. The van der Waals surface area contributed by atoms with Crippen molar-refractivity contribution in [3.8, 4) is 11.8 Å². The van der Waals surface area contributed by atoms with Crippen molar-refractivity contribution < 1.29 is 9.53 Å². The van der Waals surface area contributed by atoms with Gasteiger partial charge in [0, 0.05) is 19.1 Å². The number of nitrogens with zero attached hydrogens (tertiary/aromatic N) is 2. The third kappa shape index (κ3) is 5.36. The Hall–Kier alpha value is -2.26. The number of nitrogens with one attached hydrogen (secondary N) is 2. The van der Waals surface area contributed by atoms with Gasteiger partial charge in [0.25, 0.3) is 0 Å². The monoisotopic (exact) mass is 344 g/mol. The number of carbonyl (C=O) groups is 1. The molecule has 0 radical (unpaired) electrons. The van der Waals surface area contributed by atoms with E-state index in [0.717, 1.165) is 25.1 Å². The maximum absolute atomic E-state index is 12.0. The van der Waals surface area contributed by atoms with Crippen molar-refractivity contribution in [3.63, 3.8) is 0 Å². The van der Waals surface area contributed by atoms with Crippen LogP contribution in [0.2, 0.25) is 0 Å². The van der Waals surface area contributed by atoms with Crippen LogP contribution < -0.4 is 15.4 Å². The smallest absolute Gasteiger partial charge is 0.314 e. The fraction of sp³-hybridized carbons (Fsp3) is 0.579. The molecule has 3 atom stereocenters. The summed E-state index contributed by atoms with van der Waals surface area (Å²) >= 11 is 0. The molecule has 1 fully saturated rings. The van der Waals surface area contributed by atoms with E-state index in [1.165, 1.54) is 5.56 Å². The third-order valence-electron chi connectivity index (χ3n) is 4.78. The number of nitriles is 1. The van der Waals surface area contributed by atoms with Crippen LogP contribution in [0, 0.1) is 23.2 Å². The minimum Gasteiger partial charge on any atom is -0.497 e. The van der Waals surface area contributed by atoms with E-state index in [-0.39, 0.29) is 18.0 Å². The molecule has 0 saturated carbocycles. The third-order valence-corrected chi connectivity index (χ3v) is 4.78. The predicted octanol–water partition coefficient (Wildman–Crippen LogP) is 2.54. The van der Waals surface area contributed by atoms with E-state index in [4.69, 9.17) is 10.00 Å². The maximum Gasteiger partial charge on any atom is 0.314 e. The molecule has 1 heterocycles. The predicted molar refractivity (Wildman–Crippen MR) is 97.3 cm³/mol. The summed E-state index contributed by atoms with van der Waals surface area (Å²) in [5.74, 6) is 1.02. The summed E-state index contributed by atoms with van der Waals surface area (Å²) in [6.45, 7) is 3.83. The number of hydrogen-bond acceptors (Lipinski definition) is 4. The van der Waals surface area contributed by atoms with Crippen LogP contribution >= 0.6 is 0 Å². The molecule has 2 N–H and O–H groups in total. The lowest BCUT2D eigenvalue weighted by Gasteiger charge is -2.39. The van der Waals surface area contributed by atoms with Gasteiger partial charge in [-0.05, 0) is 57.0 Å². The number of methoxy groups -OCH3 is 1. The highest BCUT2D eigenvalue weighted by Gasteiger charge is 2.30. The molecular weight excluding hydrogens is 316 g/mol. The number of ether oxygens (including phenoxy) is 1. The molecule has 1 saturated heterocycles. The first-order valence-corrected chi connectivity index (χ1v) is 8.80. The van der Waals surface area contributed by atoms with Crippen LogP contribution in [0.1, 0.15) is 31.4 Å². The van der Waals surface area contributed by atoms with Crippen LogP contribution in [0.25, 0.3) is 0 Å². The average Bonchev–Trinajstić information content (AvgIpc) is 2.64. The minimum atomic E-state index is -0.205. The van der Waals surface area contributed by atoms with Gasteiger partial charge in [-0.1, -0.05) is 12.1 Å². The first-order chi connectivity index (χ1) is 12.0. The minimum absolute atomic E-state index is 0.182. The average molecular weight is 344 g/mol. The van der Waals surface area contributed by atoms with Gasteiger partial charge in [-0.3, -0.25) is 4.90 Å². The van der Waals surface area contributed by atoms with Gasteiger partial charge in [-0.25, -0.2) is 4.79 Å². The molecule has 3 unspecified atom stereocenters. The van der Waals surface area contributed by atoms with Crippen molar-refractivity contribution in [2.45, 2.75) is 25.8 Å². The lowest BCUT2D eigenvalue weighted by molar-refractivity contribution is 0.120. The van der Waals surface area contributed by atoms with Gasteiger partial charge >= 0.3 is 6.03 Å². The Kier molecular flexibility index (Phi) is 7.08. The largest absolute Gasteiger partial charge is 0.497 e. The standard InChI is InChI=1S/C19H28N4O2/c1-14(11-20)12-21-19(24)22-13-16-5-4-10-23(2)18(16)15-6-8-17(25-3)9-7-15/h6-9,14,16,18H,4-5,10,12-13H2,1-3H3,(H2,21,22,24). The van der Waals surface area contributed by atoms with Crippen LogP contribution in [0.5, 0.6) is 5.75 Å². The van der Waals surface area contributed by atoms with E-state index in [2.05, 4.69) is 40.8 Å².